The van der Waals surface area contributed by atoms with Gasteiger partial charge in [0.2, 0.25) is 0 Å². The van der Waals surface area contributed by atoms with Crippen molar-refractivity contribution in [2.75, 3.05) is 19.8 Å². The van der Waals surface area contributed by atoms with Gasteiger partial charge in [-0.1, -0.05) is 6.08 Å². The third-order valence-corrected chi connectivity index (χ3v) is 2.37. The molecule has 0 spiro atoms. The minimum Gasteiger partial charge on any atom is -0.381 e. The van der Waals surface area contributed by atoms with Crippen molar-refractivity contribution in [1.29, 1.82) is 0 Å². The van der Waals surface area contributed by atoms with Gasteiger partial charge in [-0.2, -0.15) is 0 Å². The fourth-order valence-electron chi connectivity index (χ4n) is 1.69. The van der Waals surface area contributed by atoms with Crippen molar-refractivity contribution in [3.05, 3.63) is 12.3 Å². The van der Waals surface area contributed by atoms with Crippen LogP contribution in [0.5, 0.6) is 0 Å². The van der Waals surface area contributed by atoms with Gasteiger partial charge in [0.25, 0.3) is 0 Å². The van der Waals surface area contributed by atoms with E-state index in [0.29, 0.717) is 6.04 Å². The number of hydrogen-bond acceptors (Lipinski definition) is 2. The molecule has 0 radical (unpaired) electrons. The molecule has 0 amide bonds. The molecule has 1 rings (SSSR count). The van der Waals surface area contributed by atoms with E-state index in [1.807, 2.05) is 0 Å². The lowest BCUT2D eigenvalue weighted by Gasteiger charge is -2.32. The van der Waals surface area contributed by atoms with Gasteiger partial charge in [0.15, 0.2) is 0 Å². The molecule has 70 valence electrons. The maximum absolute atomic E-state index is 5.32. The van der Waals surface area contributed by atoms with Crippen LogP contribution in [0.3, 0.4) is 0 Å². The minimum absolute atomic E-state index is 0.708. The van der Waals surface area contributed by atoms with Gasteiger partial charge in [0.05, 0.1) is 0 Å². The first-order valence-corrected chi connectivity index (χ1v) is 4.84. The second-order valence-corrected chi connectivity index (χ2v) is 3.16. The molecule has 1 saturated heterocycles. The SMILES string of the molecule is C/C=C\N(CC)C1CCOCC1. The molecule has 0 aromatic rings. The van der Waals surface area contributed by atoms with Crippen molar-refractivity contribution in [2.45, 2.75) is 32.7 Å². The van der Waals surface area contributed by atoms with E-state index in [9.17, 15) is 0 Å². The van der Waals surface area contributed by atoms with E-state index in [0.717, 1.165) is 19.8 Å². The summed E-state index contributed by atoms with van der Waals surface area (Å²) in [6, 6.07) is 0.708. The second-order valence-electron chi connectivity index (χ2n) is 3.16. The van der Waals surface area contributed by atoms with Crippen LogP contribution in [0.1, 0.15) is 26.7 Å². The van der Waals surface area contributed by atoms with Gasteiger partial charge < -0.3 is 9.64 Å². The fraction of sp³-hybridized carbons (Fsp3) is 0.800. The quantitative estimate of drug-likeness (QED) is 0.641. The van der Waals surface area contributed by atoms with E-state index < -0.39 is 0 Å². The number of nitrogens with zero attached hydrogens (tertiary/aromatic N) is 1. The second kappa shape index (κ2) is 5.20. The molecule has 2 heteroatoms. The third kappa shape index (κ3) is 2.52. The Bertz CT molecular complexity index is 139. The number of allylic oxidation sites excluding steroid dienone is 1. The zero-order chi connectivity index (χ0) is 8.81. The summed E-state index contributed by atoms with van der Waals surface area (Å²) in [6.45, 7) is 7.24. The van der Waals surface area contributed by atoms with E-state index in [4.69, 9.17) is 4.74 Å². The monoisotopic (exact) mass is 169 g/mol. The molecular formula is C10H19NO. The molecule has 0 unspecified atom stereocenters. The Morgan fingerprint density at radius 2 is 2.08 bits per heavy atom. The number of hydrogen-bond donors (Lipinski definition) is 0. The summed E-state index contributed by atoms with van der Waals surface area (Å²) in [7, 11) is 0. The van der Waals surface area contributed by atoms with E-state index in [1.165, 1.54) is 12.8 Å². The summed E-state index contributed by atoms with van der Waals surface area (Å²) in [5.74, 6) is 0. The van der Waals surface area contributed by atoms with Crippen molar-refractivity contribution in [3.63, 3.8) is 0 Å². The Hall–Kier alpha value is -0.500. The van der Waals surface area contributed by atoms with Crippen LogP contribution in [-0.2, 0) is 4.74 Å². The summed E-state index contributed by atoms with van der Waals surface area (Å²) < 4.78 is 5.32. The molecule has 0 aliphatic carbocycles. The van der Waals surface area contributed by atoms with Crippen LogP contribution in [0.25, 0.3) is 0 Å². The van der Waals surface area contributed by atoms with E-state index in [2.05, 4.69) is 31.0 Å². The normalized spacial score (nSPS) is 20.2. The van der Waals surface area contributed by atoms with Crippen LogP contribution < -0.4 is 0 Å². The number of rotatable bonds is 3. The molecule has 0 N–H and O–H groups in total. The maximum Gasteiger partial charge on any atom is 0.0485 e. The van der Waals surface area contributed by atoms with E-state index in [1.54, 1.807) is 0 Å². The molecule has 2 nitrogen and oxygen atoms in total. The van der Waals surface area contributed by atoms with E-state index in [-0.39, 0.29) is 0 Å². The Balaban J connectivity index is 2.40. The van der Waals surface area contributed by atoms with Gasteiger partial charge in [-0.15, -0.1) is 0 Å². The molecule has 1 fully saturated rings. The van der Waals surface area contributed by atoms with Crippen LogP contribution in [0.4, 0.5) is 0 Å². The summed E-state index contributed by atoms with van der Waals surface area (Å²) in [5, 5.41) is 0. The predicted octanol–water partition coefficient (Wildman–Crippen LogP) is 2.02. The van der Waals surface area contributed by atoms with Crippen LogP contribution in [-0.4, -0.2) is 30.7 Å². The lowest BCUT2D eigenvalue weighted by Crippen LogP contribution is -2.35. The first-order chi connectivity index (χ1) is 5.88. The van der Waals surface area contributed by atoms with Gasteiger partial charge in [-0.05, 0) is 32.9 Å². The summed E-state index contributed by atoms with van der Waals surface area (Å²) in [6.07, 6.45) is 6.66. The van der Waals surface area contributed by atoms with Crippen molar-refractivity contribution in [3.8, 4) is 0 Å². The largest absolute Gasteiger partial charge is 0.381 e. The van der Waals surface area contributed by atoms with Gasteiger partial charge in [-0.3, -0.25) is 0 Å². The molecule has 12 heavy (non-hydrogen) atoms. The highest BCUT2D eigenvalue weighted by Crippen LogP contribution is 2.14. The molecule has 1 aliphatic heterocycles. The molecular weight excluding hydrogens is 150 g/mol. The van der Waals surface area contributed by atoms with Gasteiger partial charge in [-0.25, -0.2) is 0 Å². The molecule has 0 aromatic heterocycles. The minimum atomic E-state index is 0.708. The Labute approximate surface area is 75.2 Å². The van der Waals surface area contributed by atoms with Crippen LogP contribution >= 0.6 is 0 Å². The standard InChI is InChI=1S/C10H19NO/c1-3-7-11(4-2)10-5-8-12-9-6-10/h3,7,10H,4-6,8-9H2,1-2H3/b7-3-. The highest BCUT2D eigenvalue weighted by atomic mass is 16.5. The first kappa shape index (κ1) is 9.59. The van der Waals surface area contributed by atoms with Crippen molar-refractivity contribution >= 4 is 0 Å². The highest BCUT2D eigenvalue weighted by Gasteiger charge is 2.16. The molecule has 1 heterocycles. The zero-order valence-corrected chi connectivity index (χ0v) is 8.12. The van der Waals surface area contributed by atoms with Crippen LogP contribution in [0.15, 0.2) is 12.3 Å². The smallest absolute Gasteiger partial charge is 0.0485 e. The average Bonchev–Trinajstić information content (AvgIpc) is 2.15. The summed E-state index contributed by atoms with van der Waals surface area (Å²) in [4.78, 5) is 2.41. The van der Waals surface area contributed by atoms with E-state index >= 15 is 0 Å². The number of ether oxygens (including phenoxy) is 1. The van der Waals surface area contributed by atoms with Gasteiger partial charge >= 0.3 is 0 Å². The lowest BCUT2D eigenvalue weighted by atomic mass is 10.1. The lowest BCUT2D eigenvalue weighted by molar-refractivity contribution is 0.0508. The topological polar surface area (TPSA) is 12.5 Å². The molecule has 0 aromatic carbocycles. The fourth-order valence-corrected chi connectivity index (χ4v) is 1.69. The van der Waals surface area contributed by atoms with Crippen molar-refractivity contribution < 1.29 is 4.74 Å². The highest BCUT2D eigenvalue weighted by molar-refractivity contribution is 4.84. The van der Waals surface area contributed by atoms with Crippen molar-refractivity contribution in [2.24, 2.45) is 0 Å². The molecule has 1 aliphatic rings. The Morgan fingerprint density at radius 1 is 1.42 bits per heavy atom. The van der Waals surface area contributed by atoms with Crippen LogP contribution in [0.2, 0.25) is 0 Å². The predicted molar refractivity (Wildman–Crippen MR) is 51.0 cm³/mol. The third-order valence-electron chi connectivity index (χ3n) is 2.37. The van der Waals surface area contributed by atoms with Crippen LogP contribution in [0, 0.1) is 0 Å². The Kier molecular flexibility index (Phi) is 4.15. The molecule has 0 atom stereocenters. The van der Waals surface area contributed by atoms with Gasteiger partial charge in [0.1, 0.15) is 0 Å². The first-order valence-electron chi connectivity index (χ1n) is 4.84. The molecule has 0 bridgehead atoms. The summed E-state index contributed by atoms with van der Waals surface area (Å²) in [5.41, 5.74) is 0. The average molecular weight is 169 g/mol. The zero-order valence-electron chi connectivity index (χ0n) is 8.12. The van der Waals surface area contributed by atoms with Gasteiger partial charge in [0, 0.05) is 25.8 Å². The van der Waals surface area contributed by atoms with Crippen molar-refractivity contribution in [1.82, 2.24) is 4.90 Å². The summed E-state index contributed by atoms with van der Waals surface area (Å²) >= 11 is 0. The Morgan fingerprint density at radius 3 is 2.58 bits per heavy atom. The maximum atomic E-state index is 5.32. The molecule has 0 saturated carbocycles.